The Kier molecular flexibility index (Phi) is 16.7. The quantitative estimate of drug-likeness (QED) is 0.168. The molecule has 0 spiro atoms. The molecule has 0 radical (unpaired) electrons. The normalized spacial score (nSPS) is 11.6. The van der Waals surface area contributed by atoms with Crippen molar-refractivity contribution in [2.24, 2.45) is 0 Å². The Morgan fingerprint density at radius 3 is 1.61 bits per heavy atom. The van der Waals surface area contributed by atoms with Gasteiger partial charge in [0, 0.05) is 5.39 Å². The van der Waals surface area contributed by atoms with Gasteiger partial charge in [-0.05, 0) is 48.3 Å². The summed E-state index contributed by atoms with van der Waals surface area (Å²) >= 11 is 0. The zero-order valence-electron chi connectivity index (χ0n) is 21.3. The molecule has 0 atom stereocenters. The van der Waals surface area contributed by atoms with Gasteiger partial charge in [0.2, 0.25) is 0 Å². The molecular formula is C28H43KO3S. The third-order valence-electron chi connectivity index (χ3n) is 6.55. The first-order valence-corrected chi connectivity index (χ1v) is 14.4. The van der Waals surface area contributed by atoms with Crippen LogP contribution in [-0.2, 0) is 23.0 Å². The molecule has 3 nitrogen and oxygen atoms in total. The van der Waals surface area contributed by atoms with Crippen LogP contribution in [0.25, 0.3) is 10.8 Å². The molecule has 0 aliphatic heterocycles. The number of fused-ring (bicyclic) bond motifs is 1. The van der Waals surface area contributed by atoms with Gasteiger partial charge in [-0.1, -0.05) is 115 Å². The van der Waals surface area contributed by atoms with E-state index >= 15 is 0 Å². The van der Waals surface area contributed by atoms with Crippen molar-refractivity contribution in [2.75, 3.05) is 0 Å². The van der Waals surface area contributed by atoms with Crippen molar-refractivity contribution in [1.29, 1.82) is 0 Å². The van der Waals surface area contributed by atoms with Crippen LogP contribution in [0.2, 0.25) is 0 Å². The molecule has 0 aliphatic carbocycles. The number of aryl methyl sites for hydroxylation is 2. The van der Waals surface area contributed by atoms with Gasteiger partial charge >= 0.3 is 51.4 Å². The molecule has 0 amide bonds. The Balaban J connectivity index is 0.00000544. The summed E-state index contributed by atoms with van der Waals surface area (Å²) in [6, 6.07) is 9.44. The van der Waals surface area contributed by atoms with Crippen molar-refractivity contribution in [3.8, 4) is 0 Å². The molecular weight excluding hydrogens is 455 g/mol. The van der Waals surface area contributed by atoms with Crippen LogP contribution in [-0.4, -0.2) is 13.0 Å². The molecule has 33 heavy (non-hydrogen) atoms. The zero-order valence-corrected chi connectivity index (χ0v) is 25.3. The van der Waals surface area contributed by atoms with E-state index in [0.29, 0.717) is 5.39 Å². The van der Waals surface area contributed by atoms with E-state index < -0.39 is 10.1 Å². The monoisotopic (exact) mass is 498 g/mol. The third-order valence-corrected chi connectivity index (χ3v) is 7.43. The third kappa shape index (κ3) is 11.2. The van der Waals surface area contributed by atoms with Crippen LogP contribution >= 0.6 is 0 Å². The Hall–Kier alpha value is 0.246. The minimum atomic E-state index is -4.50. The van der Waals surface area contributed by atoms with E-state index in [2.05, 4.69) is 26.0 Å². The second kappa shape index (κ2) is 17.6. The summed E-state index contributed by atoms with van der Waals surface area (Å²) in [5.74, 6) is 0. The fourth-order valence-electron chi connectivity index (χ4n) is 4.68. The Morgan fingerprint density at radius 1 is 0.636 bits per heavy atom. The van der Waals surface area contributed by atoms with Crippen LogP contribution in [0.4, 0.5) is 0 Å². The number of hydrogen-bond donors (Lipinski definition) is 0. The van der Waals surface area contributed by atoms with E-state index in [9.17, 15) is 13.0 Å². The van der Waals surface area contributed by atoms with Gasteiger partial charge in [-0.25, -0.2) is 8.42 Å². The summed E-state index contributed by atoms with van der Waals surface area (Å²) in [7, 11) is -4.50. The minimum absolute atomic E-state index is 0. The van der Waals surface area contributed by atoms with Gasteiger partial charge in [0.25, 0.3) is 0 Å². The van der Waals surface area contributed by atoms with Crippen molar-refractivity contribution in [1.82, 2.24) is 0 Å². The van der Waals surface area contributed by atoms with Crippen LogP contribution in [0.5, 0.6) is 0 Å². The maximum absolute atomic E-state index is 12.0. The molecule has 2 aromatic carbocycles. The molecule has 0 aliphatic rings. The van der Waals surface area contributed by atoms with Crippen molar-refractivity contribution in [3.63, 3.8) is 0 Å². The average Bonchev–Trinajstić information content (AvgIpc) is 2.77. The smallest absolute Gasteiger partial charge is 0.744 e. The summed E-state index contributed by atoms with van der Waals surface area (Å²) in [5.41, 5.74) is 2.18. The summed E-state index contributed by atoms with van der Waals surface area (Å²) < 4.78 is 36.1. The van der Waals surface area contributed by atoms with Crippen LogP contribution in [0.1, 0.15) is 115 Å². The van der Waals surface area contributed by atoms with E-state index in [1.165, 1.54) is 82.3 Å². The van der Waals surface area contributed by atoms with E-state index in [-0.39, 0.29) is 56.3 Å². The van der Waals surface area contributed by atoms with Gasteiger partial charge in [-0.15, -0.1) is 0 Å². The van der Waals surface area contributed by atoms with Crippen LogP contribution in [0, 0.1) is 0 Å². The predicted molar refractivity (Wildman–Crippen MR) is 135 cm³/mol. The molecule has 0 aromatic heterocycles. The van der Waals surface area contributed by atoms with E-state index in [1.807, 2.05) is 6.07 Å². The van der Waals surface area contributed by atoms with Gasteiger partial charge in [0.05, 0.1) is 4.90 Å². The minimum Gasteiger partial charge on any atom is -0.744 e. The topological polar surface area (TPSA) is 57.2 Å². The molecule has 0 saturated carbocycles. The van der Waals surface area contributed by atoms with Gasteiger partial charge in [-0.3, -0.25) is 0 Å². The summed E-state index contributed by atoms with van der Waals surface area (Å²) in [5, 5.41) is 1.63. The summed E-state index contributed by atoms with van der Waals surface area (Å²) in [4.78, 5) is -0.0469. The fourth-order valence-corrected chi connectivity index (χ4v) is 5.42. The fraction of sp³-hybridized carbons (Fsp3) is 0.643. The predicted octanol–water partition coefficient (Wildman–Crippen LogP) is 5.33. The van der Waals surface area contributed by atoms with Crippen molar-refractivity contribution in [2.45, 2.75) is 121 Å². The Bertz CT molecular complexity index is 909. The molecule has 0 unspecified atom stereocenters. The maximum Gasteiger partial charge on any atom is 1.00 e. The van der Waals surface area contributed by atoms with Crippen molar-refractivity contribution in [3.05, 3.63) is 41.5 Å². The van der Waals surface area contributed by atoms with E-state index in [0.717, 1.165) is 43.1 Å². The standard InChI is InChI=1S/C28H44O3S.K/c1-3-5-7-9-11-13-15-18-24-22-23-25(19-16-14-12-10-8-6-4-2)28-26(24)20-17-21-27(28)32(29,30)31;/h17,20-23H,3-16,18-19H2,1-2H3,(H,29,30,31);/q;+1/p-1. The number of benzene rings is 2. The van der Waals surface area contributed by atoms with Crippen LogP contribution < -0.4 is 51.4 Å². The first-order valence-electron chi connectivity index (χ1n) is 13.0. The van der Waals surface area contributed by atoms with E-state index in [4.69, 9.17) is 0 Å². The molecule has 0 heterocycles. The zero-order chi connectivity index (χ0) is 23.2. The maximum atomic E-state index is 12.0. The van der Waals surface area contributed by atoms with Gasteiger partial charge in [0.1, 0.15) is 10.1 Å². The largest absolute Gasteiger partial charge is 1.00 e. The first-order chi connectivity index (χ1) is 15.5. The summed E-state index contributed by atoms with van der Waals surface area (Å²) in [6.45, 7) is 4.46. The number of rotatable bonds is 17. The average molecular weight is 499 g/mol. The number of hydrogen-bond acceptors (Lipinski definition) is 3. The molecule has 2 aromatic rings. The molecule has 2 rings (SSSR count). The molecule has 0 N–H and O–H groups in total. The molecule has 0 fully saturated rings. The van der Waals surface area contributed by atoms with Crippen LogP contribution in [0.3, 0.4) is 0 Å². The van der Waals surface area contributed by atoms with Crippen molar-refractivity contribution >= 4 is 20.9 Å². The molecule has 5 heteroatoms. The van der Waals surface area contributed by atoms with Gasteiger partial charge in [-0.2, -0.15) is 0 Å². The van der Waals surface area contributed by atoms with E-state index in [1.54, 1.807) is 6.07 Å². The van der Waals surface area contributed by atoms with Gasteiger partial charge in [0.15, 0.2) is 0 Å². The van der Waals surface area contributed by atoms with Gasteiger partial charge < -0.3 is 4.55 Å². The molecule has 0 saturated heterocycles. The van der Waals surface area contributed by atoms with Crippen molar-refractivity contribution < 1.29 is 64.4 Å². The van der Waals surface area contributed by atoms with Crippen LogP contribution in [0.15, 0.2) is 35.2 Å². The number of unbranched alkanes of at least 4 members (excludes halogenated alkanes) is 12. The molecule has 180 valence electrons. The molecule has 0 bridgehead atoms. The Morgan fingerprint density at radius 2 is 1.09 bits per heavy atom. The first kappa shape index (κ1) is 31.3. The SMILES string of the molecule is CCCCCCCCCc1ccc(CCCCCCCCC)c2c(S(=O)(=O)[O-])cccc12.[K+]. The second-order valence-electron chi connectivity index (χ2n) is 9.26. The summed E-state index contributed by atoms with van der Waals surface area (Å²) in [6.07, 6.45) is 19.0. The Labute approximate surface area is 245 Å². The second-order valence-corrected chi connectivity index (χ2v) is 10.6.